The van der Waals surface area contributed by atoms with Gasteiger partial charge in [0.15, 0.2) is 0 Å². The van der Waals surface area contributed by atoms with E-state index in [0.717, 1.165) is 31.9 Å². The lowest BCUT2D eigenvalue weighted by molar-refractivity contribution is 0.0985. The predicted octanol–water partition coefficient (Wildman–Crippen LogP) is 2.10. The zero-order valence-electron chi connectivity index (χ0n) is 8.82. The molecule has 1 aliphatic rings. The quantitative estimate of drug-likeness (QED) is 0.536. The first kappa shape index (κ1) is 11.7. The van der Waals surface area contributed by atoms with Gasteiger partial charge in [-0.15, -0.1) is 6.58 Å². The van der Waals surface area contributed by atoms with Crippen LogP contribution in [0.3, 0.4) is 0 Å². The fourth-order valence-electron chi connectivity index (χ4n) is 2.14. The van der Waals surface area contributed by atoms with Gasteiger partial charge in [-0.05, 0) is 24.7 Å². The summed E-state index contributed by atoms with van der Waals surface area (Å²) in [7, 11) is -3.33. The third-order valence-corrected chi connectivity index (χ3v) is 3.48. The Kier molecular flexibility index (Phi) is 3.37. The molecule has 0 amide bonds. The molecule has 0 aromatic rings. The van der Waals surface area contributed by atoms with E-state index in [9.17, 15) is 8.42 Å². The minimum Gasteiger partial charge on any atom is -0.266 e. The molecular weight excluding hydrogens is 200 g/mol. The second kappa shape index (κ2) is 4.03. The summed E-state index contributed by atoms with van der Waals surface area (Å²) in [5.41, 5.74) is -0.0508. The summed E-state index contributed by atoms with van der Waals surface area (Å²) >= 11 is 0. The maximum atomic E-state index is 11.0. The molecule has 3 nitrogen and oxygen atoms in total. The van der Waals surface area contributed by atoms with E-state index in [1.807, 2.05) is 6.08 Å². The summed E-state index contributed by atoms with van der Waals surface area (Å²) in [4.78, 5) is 0. The van der Waals surface area contributed by atoms with Crippen molar-refractivity contribution in [2.24, 2.45) is 5.41 Å². The van der Waals surface area contributed by atoms with Crippen molar-refractivity contribution in [3.63, 3.8) is 0 Å². The maximum absolute atomic E-state index is 11.0. The highest BCUT2D eigenvalue weighted by molar-refractivity contribution is 7.86. The van der Waals surface area contributed by atoms with Gasteiger partial charge in [-0.3, -0.25) is 4.18 Å². The van der Waals surface area contributed by atoms with E-state index in [4.69, 9.17) is 4.18 Å². The van der Waals surface area contributed by atoms with Crippen molar-refractivity contribution < 1.29 is 12.6 Å². The Labute approximate surface area is 86.3 Å². The van der Waals surface area contributed by atoms with Crippen molar-refractivity contribution in [2.75, 3.05) is 6.26 Å². The van der Waals surface area contributed by atoms with Crippen LogP contribution >= 0.6 is 0 Å². The molecule has 1 rings (SSSR count). The largest absolute Gasteiger partial charge is 0.266 e. The fourth-order valence-corrected chi connectivity index (χ4v) is 2.89. The Morgan fingerprint density at radius 2 is 2.29 bits per heavy atom. The Morgan fingerprint density at radius 1 is 1.64 bits per heavy atom. The van der Waals surface area contributed by atoms with Gasteiger partial charge in [0.05, 0.1) is 12.4 Å². The maximum Gasteiger partial charge on any atom is 0.264 e. The smallest absolute Gasteiger partial charge is 0.264 e. The Balaban J connectivity index is 2.73. The fraction of sp³-hybridized carbons (Fsp3) is 0.800. The molecule has 82 valence electrons. The van der Waals surface area contributed by atoms with Gasteiger partial charge in [-0.1, -0.05) is 19.4 Å². The lowest BCUT2D eigenvalue weighted by Crippen LogP contribution is -2.30. The minimum absolute atomic E-state index is 0.0508. The highest BCUT2D eigenvalue weighted by atomic mass is 32.2. The molecule has 0 saturated heterocycles. The molecule has 14 heavy (non-hydrogen) atoms. The average Bonchev–Trinajstić information content (AvgIpc) is 2.30. The van der Waals surface area contributed by atoms with Crippen LogP contribution in [0.25, 0.3) is 0 Å². The first-order valence-corrected chi connectivity index (χ1v) is 6.68. The average molecular weight is 218 g/mol. The van der Waals surface area contributed by atoms with Crippen molar-refractivity contribution in [3.05, 3.63) is 12.7 Å². The van der Waals surface area contributed by atoms with Gasteiger partial charge in [0.2, 0.25) is 0 Å². The van der Waals surface area contributed by atoms with E-state index in [2.05, 4.69) is 13.5 Å². The monoisotopic (exact) mass is 218 g/mol. The summed E-state index contributed by atoms with van der Waals surface area (Å²) in [6, 6.07) is 0. The van der Waals surface area contributed by atoms with E-state index < -0.39 is 10.1 Å². The number of hydrogen-bond donors (Lipinski definition) is 0. The standard InChI is InChI=1S/C10H18O3S/c1-4-7-10(2)8-5-6-9(10)13-14(3,11)12/h4,9H,1,5-8H2,2-3H3. The first-order valence-electron chi connectivity index (χ1n) is 4.86. The van der Waals surface area contributed by atoms with Gasteiger partial charge in [0.1, 0.15) is 0 Å². The highest BCUT2D eigenvalue weighted by Gasteiger charge is 2.40. The van der Waals surface area contributed by atoms with E-state index in [1.165, 1.54) is 0 Å². The normalized spacial score (nSPS) is 33.1. The zero-order valence-corrected chi connectivity index (χ0v) is 9.64. The van der Waals surface area contributed by atoms with Crippen LogP contribution < -0.4 is 0 Å². The van der Waals surface area contributed by atoms with Gasteiger partial charge in [-0.2, -0.15) is 8.42 Å². The molecule has 4 heteroatoms. The number of hydrogen-bond acceptors (Lipinski definition) is 3. The summed E-state index contributed by atoms with van der Waals surface area (Å²) in [5.74, 6) is 0. The topological polar surface area (TPSA) is 43.4 Å². The van der Waals surface area contributed by atoms with Crippen LogP contribution in [0.5, 0.6) is 0 Å². The molecule has 1 fully saturated rings. The van der Waals surface area contributed by atoms with Crippen LogP contribution in [0.1, 0.15) is 32.6 Å². The molecule has 0 spiro atoms. The molecular formula is C10H18O3S. The summed E-state index contributed by atoms with van der Waals surface area (Å²) in [6.07, 6.45) is 6.47. The van der Waals surface area contributed by atoms with E-state index in [-0.39, 0.29) is 11.5 Å². The van der Waals surface area contributed by atoms with Gasteiger partial charge < -0.3 is 0 Å². The highest BCUT2D eigenvalue weighted by Crippen LogP contribution is 2.43. The lowest BCUT2D eigenvalue weighted by Gasteiger charge is -2.29. The number of rotatable bonds is 4. The van der Waals surface area contributed by atoms with E-state index >= 15 is 0 Å². The van der Waals surface area contributed by atoms with Gasteiger partial charge in [0, 0.05) is 0 Å². The van der Waals surface area contributed by atoms with Crippen molar-refractivity contribution >= 4 is 10.1 Å². The van der Waals surface area contributed by atoms with Gasteiger partial charge >= 0.3 is 0 Å². The molecule has 0 bridgehead atoms. The molecule has 0 heterocycles. The Morgan fingerprint density at radius 3 is 2.79 bits per heavy atom. The third-order valence-electron chi connectivity index (χ3n) is 2.89. The minimum atomic E-state index is -3.33. The molecule has 1 aliphatic carbocycles. The van der Waals surface area contributed by atoms with E-state index in [1.54, 1.807) is 0 Å². The van der Waals surface area contributed by atoms with Crippen LogP contribution in [-0.4, -0.2) is 20.8 Å². The molecule has 1 saturated carbocycles. The van der Waals surface area contributed by atoms with Crippen molar-refractivity contribution in [1.82, 2.24) is 0 Å². The van der Waals surface area contributed by atoms with Crippen LogP contribution in [0.15, 0.2) is 12.7 Å². The van der Waals surface area contributed by atoms with E-state index in [0.29, 0.717) is 0 Å². The zero-order chi connectivity index (χ0) is 10.8. The van der Waals surface area contributed by atoms with Crippen molar-refractivity contribution in [3.8, 4) is 0 Å². The Bertz CT molecular complexity index is 307. The molecule has 0 aliphatic heterocycles. The first-order chi connectivity index (χ1) is 6.37. The molecule has 0 aromatic carbocycles. The van der Waals surface area contributed by atoms with Crippen LogP contribution in [-0.2, 0) is 14.3 Å². The van der Waals surface area contributed by atoms with Crippen molar-refractivity contribution in [1.29, 1.82) is 0 Å². The Hall–Kier alpha value is -0.350. The molecule has 0 N–H and O–H groups in total. The SMILES string of the molecule is C=CCC1(C)CCCC1OS(C)(=O)=O. The van der Waals surface area contributed by atoms with Gasteiger partial charge in [-0.25, -0.2) is 0 Å². The lowest BCUT2D eigenvalue weighted by atomic mass is 9.83. The van der Waals surface area contributed by atoms with Gasteiger partial charge in [0.25, 0.3) is 10.1 Å². The van der Waals surface area contributed by atoms with Crippen LogP contribution in [0.4, 0.5) is 0 Å². The van der Waals surface area contributed by atoms with Crippen LogP contribution in [0.2, 0.25) is 0 Å². The molecule has 2 atom stereocenters. The van der Waals surface area contributed by atoms with Crippen molar-refractivity contribution in [2.45, 2.75) is 38.7 Å². The summed E-state index contributed by atoms with van der Waals surface area (Å²) < 4.78 is 27.2. The van der Waals surface area contributed by atoms with Crippen LogP contribution in [0, 0.1) is 5.41 Å². The number of allylic oxidation sites excluding steroid dienone is 1. The molecule has 0 radical (unpaired) electrons. The summed E-state index contributed by atoms with van der Waals surface area (Å²) in [6.45, 7) is 5.76. The second-order valence-corrected chi connectivity index (χ2v) is 5.93. The predicted molar refractivity (Wildman–Crippen MR) is 56.5 cm³/mol. The summed E-state index contributed by atoms with van der Waals surface area (Å²) in [5, 5.41) is 0. The molecule has 0 aromatic heterocycles. The second-order valence-electron chi connectivity index (χ2n) is 4.33. The third kappa shape index (κ3) is 2.82. The molecule has 2 unspecified atom stereocenters.